The van der Waals surface area contributed by atoms with E-state index in [-0.39, 0.29) is 24.7 Å². The number of benzene rings is 3. The lowest BCUT2D eigenvalue weighted by molar-refractivity contribution is -0.137. The molecule has 1 N–H and O–H groups in total. The molecule has 0 amide bonds. The lowest BCUT2D eigenvalue weighted by Gasteiger charge is -2.28. The molecule has 2 aliphatic rings. The molecule has 3 aromatic carbocycles. The van der Waals surface area contributed by atoms with Crippen molar-refractivity contribution >= 4 is 27.4 Å². The number of aryl methyl sites for hydroxylation is 1. The van der Waals surface area contributed by atoms with Crippen molar-refractivity contribution in [3.05, 3.63) is 75.3 Å². The zero-order valence-corrected chi connectivity index (χ0v) is 23.5. The Labute approximate surface area is 233 Å². The summed E-state index contributed by atoms with van der Waals surface area (Å²) in [6.07, 6.45) is 3.63. The van der Waals surface area contributed by atoms with Crippen LogP contribution in [-0.4, -0.2) is 44.7 Å². The van der Waals surface area contributed by atoms with E-state index in [1.165, 1.54) is 22.9 Å². The van der Waals surface area contributed by atoms with E-state index in [9.17, 15) is 13.2 Å². The van der Waals surface area contributed by atoms with Gasteiger partial charge in [0.15, 0.2) is 0 Å². The van der Waals surface area contributed by atoms with Gasteiger partial charge in [0.05, 0.1) is 25.4 Å². The summed E-state index contributed by atoms with van der Waals surface area (Å²) < 4.78 is 40.5. The average Bonchev–Trinajstić information content (AvgIpc) is 3.23. The van der Waals surface area contributed by atoms with Gasteiger partial charge in [0.25, 0.3) is 0 Å². The molecule has 5 rings (SSSR count). The van der Waals surface area contributed by atoms with Crippen molar-refractivity contribution in [3.8, 4) is 28.4 Å². The van der Waals surface area contributed by atoms with Crippen LogP contribution in [0.1, 0.15) is 46.6 Å². The number of carboxylic acid groups (broad SMARTS) is 1. The summed E-state index contributed by atoms with van der Waals surface area (Å²) in [5.74, 6) is 1.25. The minimum absolute atomic E-state index is 0.0367. The van der Waals surface area contributed by atoms with Gasteiger partial charge < -0.3 is 19.3 Å². The molecule has 0 saturated heterocycles. The number of rotatable bonds is 11. The SMILES string of the molecule is Cc1cc(OCCCS(C)(=O)=O)c2c(c1-c1ccc(Cl)c(COc3ccc4c(c3)OC[C@H]4CC(=O)O)c1)CC2. The smallest absolute Gasteiger partial charge is 0.304 e. The molecule has 39 heavy (non-hydrogen) atoms. The van der Waals surface area contributed by atoms with Crippen molar-refractivity contribution in [2.75, 3.05) is 25.2 Å². The van der Waals surface area contributed by atoms with Gasteiger partial charge in [-0.2, -0.15) is 0 Å². The van der Waals surface area contributed by atoms with E-state index in [1.807, 2.05) is 30.3 Å². The molecule has 1 aliphatic carbocycles. The first-order valence-electron chi connectivity index (χ1n) is 12.9. The number of sulfone groups is 1. The number of carbonyl (C=O) groups is 1. The highest BCUT2D eigenvalue weighted by Gasteiger charge is 2.27. The van der Waals surface area contributed by atoms with Crippen LogP contribution in [0.25, 0.3) is 11.1 Å². The van der Waals surface area contributed by atoms with Crippen LogP contribution < -0.4 is 14.2 Å². The minimum Gasteiger partial charge on any atom is -0.493 e. The van der Waals surface area contributed by atoms with Gasteiger partial charge in [-0.3, -0.25) is 4.79 Å². The summed E-state index contributed by atoms with van der Waals surface area (Å²) in [7, 11) is -3.00. The van der Waals surface area contributed by atoms with Crippen molar-refractivity contribution in [3.63, 3.8) is 0 Å². The second-order valence-electron chi connectivity index (χ2n) is 10.3. The number of hydrogen-bond acceptors (Lipinski definition) is 6. The van der Waals surface area contributed by atoms with Crippen LogP contribution in [0.15, 0.2) is 42.5 Å². The fourth-order valence-corrected chi connectivity index (χ4v) is 6.09. The first-order chi connectivity index (χ1) is 18.6. The molecule has 0 unspecified atom stereocenters. The highest BCUT2D eigenvalue weighted by Crippen LogP contribution is 2.43. The summed E-state index contributed by atoms with van der Waals surface area (Å²) in [6, 6.07) is 13.5. The molecule has 0 saturated carbocycles. The van der Waals surface area contributed by atoms with Crippen molar-refractivity contribution in [2.24, 2.45) is 0 Å². The van der Waals surface area contributed by atoms with Crippen LogP contribution in [0.2, 0.25) is 5.02 Å². The van der Waals surface area contributed by atoms with Gasteiger partial charge in [0.2, 0.25) is 0 Å². The van der Waals surface area contributed by atoms with E-state index < -0.39 is 15.8 Å². The lowest BCUT2D eigenvalue weighted by atomic mass is 9.79. The number of aliphatic carboxylic acids is 1. The van der Waals surface area contributed by atoms with Crippen LogP contribution in [0.5, 0.6) is 17.2 Å². The van der Waals surface area contributed by atoms with Gasteiger partial charge in [0, 0.05) is 34.4 Å². The molecular weight excluding hydrogens is 540 g/mol. The van der Waals surface area contributed by atoms with E-state index in [4.69, 9.17) is 30.9 Å². The van der Waals surface area contributed by atoms with Crippen LogP contribution >= 0.6 is 11.6 Å². The van der Waals surface area contributed by atoms with E-state index in [2.05, 4.69) is 13.0 Å². The quantitative estimate of drug-likeness (QED) is 0.293. The molecule has 0 radical (unpaired) electrons. The third-order valence-corrected chi connectivity index (χ3v) is 8.66. The van der Waals surface area contributed by atoms with E-state index >= 15 is 0 Å². The number of hydrogen-bond donors (Lipinski definition) is 1. The Morgan fingerprint density at radius 1 is 1.10 bits per heavy atom. The van der Waals surface area contributed by atoms with Gasteiger partial charge in [-0.05, 0) is 78.3 Å². The predicted molar refractivity (Wildman–Crippen MR) is 150 cm³/mol. The fraction of sp³-hybridized carbons (Fsp3) is 0.367. The summed E-state index contributed by atoms with van der Waals surface area (Å²) >= 11 is 6.54. The van der Waals surface area contributed by atoms with E-state index in [0.717, 1.165) is 40.8 Å². The van der Waals surface area contributed by atoms with Gasteiger partial charge in [0.1, 0.15) is 33.7 Å². The lowest BCUT2D eigenvalue weighted by Crippen LogP contribution is -2.15. The topological polar surface area (TPSA) is 99.1 Å². The highest BCUT2D eigenvalue weighted by atomic mass is 35.5. The third kappa shape index (κ3) is 6.17. The van der Waals surface area contributed by atoms with Crippen molar-refractivity contribution in [1.29, 1.82) is 0 Å². The fourth-order valence-electron chi connectivity index (χ4n) is 5.28. The maximum Gasteiger partial charge on any atom is 0.304 e. The van der Waals surface area contributed by atoms with Crippen molar-refractivity contribution in [2.45, 2.75) is 45.1 Å². The normalized spacial score (nSPS) is 15.6. The van der Waals surface area contributed by atoms with E-state index in [0.29, 0.717) is 36.2 Å². The number of carboxylic acids is 1. The monoisotopic (exact) mass is 570 g/mol. The molecule has 9 heteroatoms. The van der Waals surface area contributed by atoms with Gasteiger partial charge in [-0.1, -0.05) is 23.7 Å². The highest BCUT2D eigenvalue weighted by molar-refractivity contribution is 7.90. The molecule has 0 bridgehead atoms. The Kier molecular flexibility index (Phi) is 7.78. The number of ether oxygens (including phenoxy) is 3. The Balaban J connectivity index is 1.30. The minimum atomic E-state index is -3.00. The molecule has 1 heterocycles. The van der Waals surface area contributed by atoms with Crippen LogP contribution in [0.3, 0.4) is 0 Å². The number of fused-ring (bicyclic) bond motifs is 2. The zero-order chi connectivity index (χ0) is 27.7. The molecule has 7 nitrogen and oxygen atoms in total. The summed E-state index contributed by atoms with van der Waals surface area (Å²) in [5.41, 5.74) is 7.51. The molecular formula is C30H31ClO7S. The molecule has 206 valence electrons. The Bertz CT molecular complexity index is 1530. The zero-order valence-electron chi connectivity index (χ0n) is 22.0. The predicted octanol–water partition coefficient (Wildman–Crippen LogP) is 5.76. The van der Waals surface area contributed by atoms with Crippen molar-refractivity contribution in [1.82, 2.24) is 0 Å². The van der Waals surface area contributed by atoms with Crippen LogP contribution in [0, 0.1) is 6.92 Å². The van der Waals surface area contributed by atoms with Crippen LogP contribution in [-0.2, 0) is 34.1 Å². The summed E-state index contributed by atoms with van der Waals surface area (Å²) in [6.45, 7) is 3.05. The van der Waals surface area contributed by atoms with Crippen molar-refractivity contribution < 1.29 is 32.5 Å². The molecule has 0 fully saturated rings. The summed E-state index contributed by atoms with van der Waals surface area (Å²) in [5, 5.41) is 9.72. The third-order valence-electron chi connectivity index (χ3n) is 7.26. The Morgan fingerprint density at radius 2 is 1.90 bits per heavy atom. The second kappa shape index (κ2) is 11.1. The van der Waals surface area contributed by atoms with Gasteiger partial charge in [-0.15, -0.1) is 0 Å². The Morgan fingerprint density at radius 3 is 2.62 bits per heavy atom. The molecule has 0 aromatic heterocycles. The maximum absolute atomic E-state index is 11.4. The van der Waals surface area contributed by atoms with E-state index in [1.54, 1.807) is 6.07 Å². The van der Waals surface area contributed by atoms with Crippen LogP contribution in [0.4, 0.5) is 0 Å². The first-order valence-corrected chi connectivity index (χ1v) is 15.4. The standard InChI is InChI=1S/C30H31ClO7S/c1-18-12-27(36-10-3-11-39(2,34)35)24-7-8-25(24)30(18)19-4-9-26(31)21(13-19)17-37-22-5-6-23-20(14-29(32)33)16-38-28(23)15-22/h4-6,9,12-13,15,20H,3,7-8,10-11,14,16-17H2,1-2H3,(H,32,33)/t20-/m1/s1. The molecule has 1 aliphatic heterocycles. The van der Waals surface area contributed by atoms with Gasteiger partial charge in [-0.25, -0.2) is 8.42 Å². The Hall–Kier alpha value is -3.23. The molecule has 0 spiro atoms. The first kappa shape index (κ1) is 27.3. The number of halogens is 1. The average molecular weight is 571 g/mol. The second-order valence-corrected chi connectivity index (χ2v) is 12.9. The maximum atomic E-state index is 11.4. The summed E-state index contributed by atoms with van der Waals surface area (Å²) in [4.78, 5) is 11.1. The molecule has 1 atom stereocenters. The molecule has 3 aromatic rings. The van der Waals surface area contributed by atoms with Gasteiger partial charge >= 0.3 is 5.97 Å². The largest absolute Gasteiger partial charge is 0.493 e.